The van der Waals surface area contributed by atoms with Crippen LogP contribution >= 0.6 is 22.4 Å². The van der Waals surface area contributed by atoms with Crippen molar-refractivity contribution < 1.29 is 142 Å². The highest BCUT2D eigenvalue weighted by atomic mass is 32.5. The quantitative estimate of drug-likeness (QED) is 0.0480. The van der Waals surface area contributed by atoms with E-state index in [1.54, 1.807) is 37.6 Å². The fraction of sp³-hybridized carbons (Fsp3) is 0.557. The van der Waals surface area contributed by atoms with Crippen LogP contribution < -0.4 is 43.3 Å². The van der Waals surface area contributed by atoms with Crippen molar-refractivity contribution in [2.45, 2.75) is 156 Å². The molecule has 61 nitrogen and oxygen atoms in total. The average molecular weight is 2090 g/mol. The normalized spacial score (nSPS) is 35.7. The number of phosphoric acid groups is 2. The highest BCUT2D eigenvalue weighted by Gasteiger charge is 2.66. The van der Waals surface area contributed by atoms with Gasteiger partial charge in [0.2, 0.25) is 0 Å². The molecule has 0 radical (unpaired) electrons. The number of fused-ring (bicyclic) bond motifs is 14. The van der Waals surface area contributed by atoms with Gasteiger partial charge in [-0.05, 0) is 51.5 Å². The van der Waals surface area contributed by atoms with E-state index in [-0.39, 0.29) is 117 Å². The molecular formula is C70H84FN28O33P3S4. The number of rotatable bonds is 9. The number of ether oxygens (including phenoxy) is 6. The lowest BCUT2D eigenvalue weighted by Crippen LogP contribution is -2.51. The number of aliphatic hydroxyl groups excluding tert-OH is 4. The van der Waals surface area contributed by atoms with Gasteiger partial charge in [-0.2, -0.15) is 34.7 Å². The van der Waals surface area contributed by atoms with Crippen LogP contribution in [0.15, 0.2) is 77.3 Å². The summed E-state index contributed by atoms with van der Waals surface area (Å²) >= 11 is 5.22. The molecule has 22 rings (SSSR count). The first-order valence-electron chi connectivity index (χ1n) is 42.1. The van der Waals surface area contributed by atoms with Crippen molar-refractivity contribution in [1.29, 1.82) is 0 Å². The van der Waals surface area contributed by atoms with Crippen LogP contribution in [0.2, 0.25) is 0 Å². The number of phosphoric ester groups is 2. The molecule has 9 aliphatic heterocycles. The summed E-state index contributed by atoms with van der Waals surface area (Å²) in [6.07, 6.45) is -12.9. The smallest absolute Gasteiger partial charge is 0.396 e. The second-order valence-corrected chi connectivity index (χ2v) is 43.8. The highest BCUT2D eigenvalue weighted by molar-refractivity contribution is 8.07. The number of aliphatic hydroxyl groups is 4. The van der Waals surface area contributed by atoms with Crippen molar-refractivity contribution in [3.05, 3.63) is 111 Å². The maximum atomic E-state index is 16.1. The summed E-state index contributed by atoms with van der Waals surface area (Å²) in [7, 11) is -23.6. The lowest BCUT2D eigenvalue weighted by atomic mass is 9.99. The predicted octanol–water partition coefficient (Wildman–Crippen LogP) is -4.30. The van der Waals surface area contributed by atoms with Crippen LogP contribution in [0.1, 0.15) is 67.5 Å². The second kappa shape index (κ2) is 36.5. The summed E-state index contributed by atoms with van der Waals surface area (Å²) in [5.41, 5.74) is 15.8. The van der Waals surface area contributed by atoms with Gasteiger partial charge >= 0.3 is 43.0 Å². The Balaban J connectivity index is 0.000000128. The Morgan fingerprint density at radius 2 is 0.950 bits per heavy atom. The molecule has 10 fully saturated rings. The summed E-state index contributed by atoms with van der Waals surface area (Å²) < 4.78 is 222. The van der Waals surface area contributed by atoms with E-state index in [0.717, 1.165) is 0 Å². The van der Waals surface area contributed by atoms with Crippen molar-refractivity contribution >= 4 is 149 Å². The molecule has 27 atom stereocenters. The molecule has 748 valence electrons. The van der Waals surface area contributed by atoms with E-state index in [0.29, 0.717) is 11.0 Å². The standard InChI is InChI=1S/C24H30N9O11PS.C23H27FN9O10PS2.C23H27N10O12PS/c1-10-30-22-16(23(36)31-10)28-9-33(22)24-19-13(6-34)15(42-24)7-41-45(37,38)43-18-11(5-29-46(39,40)44-19)4-14(17(18)35)32-3-2-12-20(25)26-8-27-21(12)32;1-9-30-20-15(21(35)31-9)29-8-33(20)23-16-10(4-34)12(41-23)5-39-44(36,45)42-17-11(2-3-46(37,38)43-16)40-22(13(17)24)32-7-28-14-18(25)26-6-27-19(14)32;1-9-30-19-13(20(35)31-9)28-8-33(19)21-14-10(2-34)11(42-21)3-41-46(36,37)44-16-15-22(32-7-27-12-17(24)25-6-26-18(12)32)43-23(16,5-40-15)4-29-47(38,39)45-14/h2-3,8-9,11,13-15,17-19,24,29,34-35H,4-7H2,1H3,(H,37,38)(H2,25,26,27)(H,30,31,36);6-8,10-13,16-17,22-23,34H,2-5H2,1H3,(H,36,45)(H2,25,26,27)(H,30,31,35);6-8,10-11,14-16,21-22,29,34H,2-5H2,1H3,(H,36,37)(H2,24,25,26)(H,30,31,35). The van der Waals surface area contributed by atoms with Crippen molar-refractivity contribution in [2.75, 3.05) is 82.3 Å². The van der Waals surface area contributed by atoms with Crippen molar-refractivity contribution in [3.8, 4) is 0 Å². The first-order valence-corrected chi connectivity index (χ1v) is 52.1. The predicted molar refractivity (Wildman–Crippen MR) is 464 cm³/mol. The van der Waals surface area contributed by atoms with Gasteiger partial charge in [0, 0.05) is 43.0 Å². The van der Waals surface area contributed by atoms with Gasteiger partial charge in [0.15, 0.2) is 93.7 Å². The molecule has 1 aliphatic carbocycles. The molecule has 10 aliphatic rings. The van der Waals surface area contributed by atoms with Crippen molar-refractivity contribution in [1.82, 2.24) is 122 Å². The molecule has 18 N–H and O–H groups in total. The topological polar surface area (TPSA) is 827 Å². The zero-order valence-corrected chi connectivity index (χ0v) is 77.8. The molecule has 0 aromatic carbocycles. The van der Waals surface area contributed by atoms with Gasteiger partial charge < -0.3 is 105 Å². The summed E-state index contributed by atoms with van der Waals surface area (Å²) in [5.74, 6) is -3.67. The number of hydrogen-bond acceptors (Lipinski definition) is 48. The van der Waals surface area contributed by atoms with E-state index in [4.69, 9.17) is 97.1 Å². The lowest BCUT2D eigenvalue weighted by Gasteiger charge is -2.32. The second-order valence-electron chi connectivity index (χ2n) is 33.7. The first-order chi connectivity index (χ1) is 66.1. The molecule has 0 amide bonds. The average Bonchev–Trinajstić information content (AvgIpc) is 1.55. The Kier molecular flexibility index (Phi) is 25.4. The number of nitrogens with two attached hydrogens (primary N) is 3. The Labute approximate surface area is 782 Å². The van der Waals surface area contributed by atoms with E-state index in [2.05, 4.69) is 94.2 Å². The number of nitrogen functional groups attached to an aromatic ring is 3. The molecule has 12 aromatic heterocycles. The number of nitrogens with one attached hydrogen (secondary N) is 5. The van der Waals surface area contributed by atoms with E-state index in [1.165, 1.54) is 73.5 Å². The van der Waals surface area contributed by atoms with Gasteiger partial charge in [0.25, 0.3) is 26.8 Å². The molecule has 0 spiro atoms. The number of alkyl halides is 1. The third kappa shape index (κ3) is 18.0. The molecule has 139 heavy (non-hydrogen) atoms. The number of H-pyrrole nitrogens is 3. The van der Waals surface area contributed by atoms with Crippen LogP contribution in [-0.2, 0) is 120 Å². The van der Waals surface area contributed by atoms with Crippen LogP contribution in [0, 0.1) is 44.4 Å². The Bertz CT molecular complexity index is 7250. The van der Waals surface area contributed by atoms with Crippen molar-refractivity contribution in [3.63, 3.8) is 0 Å². The minimum absolute atomic E-state index is 0.0377. The fourth-order valence-corrected chi connectivity index (χ4v) is 25.4. The number of aryl methyl sites for hydroxylation is 3. The van der Waals surface area contributed by atoms with Gasteiger partial charge in [0.05, 0.1) is 119 Å². The number of anilines is 3. The lowest BCUT2D eigenvalue weighted by molar-refractivity contribution is -0.169. The fourth-order valence-electron chi connectivity index (χ4n) is 18.8. The highest BCUT2D eigenvalue weighted by Crippen LogP contribution is 2.58. The number of aromatic amines is 3. The largest absolute Gasteiger partial charge is 0.472 e. The van der Waals surface area contributed by atoms with Gasteiger partial charge in [0.1, 0.15) is 113 Å². The molecule has 8 bridgehead atoms. The van der Waals surface area contributed by atoms with E-state index in [9.17, 15) is 83.9 Å². The van der Waals surface area contributed by atoms with Gasteiger partial charge in [-0.3, -0.25) is 64.0 Å². The molecule has 1 saturated carbocycles. The molecule has 12 aromatic rings. The summed E-state index contributed by atoms with van der Waals surface area (Å²) in [5, 5.41) is 42.8. The van der Waals surface area contributed by atoms with Gasteiger partial charge in [-0.1, -0.05) is 0 Å². The number of halogens is 1. The SMILES string of the molecule is Cc1nc2c(ncn2C2OC3COP(=O)(O)OC4C(CNS(=O)(=O)OC2C3CO)CC(n2ccc3c(N)ncnc32)C4O)c(=O)[nH]1.Cc1nc2c(ncn2C2OC3COP(=O)(O)OC4C5OCC4(CNS(=O)(=O)OC2C3CO)OC5n2cnc3c(N)ncnc32)c(=O)[nH]1.Cc1nc2c(ncn2C2OC3COP(O)(=S)OC4C(CCS(=O)(=O)OC2C3CO)OC(n2cnc3c(N)ncnc32)C4F)c(=O)[nH]1. The summed E-state index contributed by atoms with van der Waals surface area (Å²) in [6.45, 7) is -4.55. The van der Waals surface area contributed by atoms with Crippen LogP contribution in [-0.4, -0.2) is 323 Å². The zero-order valence-electron chi connectivity index (χ0n) is 71.8. The monoisotopic (exact) mass is 2080 g/mol. The molecule has 27 unspecified atom stereocenters. The Morgan fingerprint density at radius 1 is 0.511 bits per heavy atom. The Hall–Kier alpha value is -9.90. The number of hydrogen-bond donors (Lipinski definition) is 15. The van der Waals surface area contributed by atoms with E-state index in [1.807, 2.05) is 0 Å². The molecule has 9 saturated heterocycles. The Morgan fingerprint density at radius 3 is 1.45 bits per heavy atom. The minimum atomic E-state index is -4.94. The van der Waals surface area contributed by atoms with E-state index >= 15 is 4.39 Å². The van der Waals surface area contributed by atoms with Crippen LogP contribution in [0.25, 0.3) is 66.9 Å². The zero-order chi connectivity index (χ0) is 98.0. The van der Waals surface area contributed by atoms with Crippen LogP contribution in [0.5, 0.6) is 0 Å². The molecular weight excluding hydrogens is 2000 g/mol. The summed E-state index contributed by atoms with van der Waals surface area (Å²) in [4.78, 5) is 135. The van der Waals surface area contributed by atoms with Crippen molar-refractivity contribution in [2.24, 2.45) is 23.7 Å². The third-order valence-corrected chi connectivity index (χ3v) is 31.9. The minimum Gasteiger partial charge on any atom is -0.396 e. The summed E-state index contributed by atoms with van der Waals surface area (Å²) in [6, 6.07) is 0.889. The number of aromatic nitrogens is 23. The number of imidazole rings is 5. The maximum absolute atomic E-state index is 16.1. The van der Waals surface area contributed by atoms with E-state index < -0.39 is 268 Å². The third-order valence-electron chi connectivity index (χ3n) is 25.2. The van der Waals surface area contributed by atoms with Crippen LogP contribution in [0.3, 0.4) is 0 Å². The first kappa shape index (κ1) is 96.6. The maximum Gasteiger partial charge on any atom is 0.472 e. The number of nitrogens with zero attached hydrogens (tertiary/aromatic N) is 20. The van der Waals surface area contributed by atoms with Crippen LogP contribution in [0.4, 0.5) is 21.8 Å². The molecule has 69 heteroatoms. The van der Waals surface area contributed by atoms with Gasteiger partial charge in [-0.25, -0.2) is 91.7 Å². The molecule has 21 heterocycles. The van der Waals surface area contributed by atoms with Gasteiger partial charge in [-0.15, -0.1) is 0 Å².